The molecule has 0 spiro atoms. The Hall–Kier alpha value is -1.15. The number of benzene rings is 1. The topological polar surface area (TPSA) is 78.9 Å². The van der Waals surface area contributed by atoms with Gasteiger partial charge in [-0.1, -0.05) is 12.1 Å². The molecule has 0 atom stereocenters. The molecule has 114 valence electrons. The van der Waals surface area contributed by atoms with E-state index in [1.165, 1.54) is 18.4 Å². The van der Waals surface area contributed by atoms with E-state index in [2.05, 4.69) is 5.32 Å². The number of nitrogens with one attached hydrogen (secondary N) is 1. The number of para-hydroxylation sites is 1. The third kappa shape index (κ3) is 4.75. The lowest BCUT2D eigenvalue weighted by Gasteiger charge is -2.16. The van der Waals surface area contributed by atoms with Gasteiger partial charge in [-0.3, -0.25) is 0 Å². The van der Waals surface area contributed by atoms with Crippen molar-refractivity contribution in [2.75, 3.05) is 45.8 Å². The van der Waals surface area contributed by atoms with Gasteiger partial charge in [0.25, 0.3) is 0 Å². The number of hydrogen-bond donors (Lipinski definition) is 2. The molecule has 0 unspecified atom stereocenters. The Labute approximate surface area is 120 Å². The highest BCUT2D eigenvalue weighted by molar-refractivity contribution is 7.89. The normalized spacial score (nSPS) is 11.8. The lowest BCUT2D eigenvalue weighted by Crippen LogP contribution is -2.23. The zero-order valence-corrected chi connectivity index (χ0v) is 12.7. The summed E-state index contributed by atoms with van der Waals surface area (Å²) < 4.78 is 30.7. The standard InChI is InChI=1S/C13H22N2O4S/c1-15(2)20(17,18)13-7-4-3-6-12(13)14-8-5-10-19-11-9-16/h3-4,6-7,14,16H,5,8-11H2,1-2H3. The first-order valence-corrected chi connectivity index (χ1v) is 7.88. The largest absolute Gasteiger partial charge is 0.394 e. The zero-order valence-electron chi connectivity index (χ0n) is 11.9. The van der Waals surface area contributed by atoms with Gasteiger partial charge in [0.1, 0.15) is 4.90 Å². The molecular formula is C13H22N2O4S. The van der Waals surface area contributed by atoms with Gasteiger partial charge in [-0.2, -0.15) is 0 Å². The van der Waals surface area contributed by atoms with Crippen LogP contribution in [-0.4, -0.2) is 58.3 Å². The quantitative estimate of drug-likeness (QED) is 0.658. The molecule has 0 amide bonds. The third-order valence-electron chi connectivity index (χ3n) is 2.66. The van der Waals surface area contributed by atoms with E-state index in [1.807, 2.05) is 0 Å². The maximum atomic E-state index is 12.2. The number of rotatable bonds is 9. The molecule has 0 fully saturated rings. The maximum Gasteiger partial charge on any atom is 0.244 e. The van der Waals surface area contributed by atoms with Crippen molar-refractivity contribution in [3.63, 3.8) is 0 Å². The molecule has 0 aliphatic rings. The lowest BCUT2D eigenvalue weighted by atomic mass is 10.3. The fourth-order valence-corrected chi connectivity index (χ4v) is 2.66. The number of aliphatic hydroxyl groups is 1. The second kappa shape index (κ2) is 8.21. The first-order valence-electron chi connectivity index (χ1n) is 6.44. The highest BCUT2D eigenvalue weighted by Gasteiger charge is 2.20. The first-order chi connectivity index (χ1) is 9.50. The van der Waals surface area contributed by atoms with E-state index >= 15 is 0 Å². The van der Waals surface area contributed by atoms with E-state index < -0.39 is 10.0 Å². The molecule has 1 aromatic rings. The smallest absolute Gasteiger partial charge is 0.244 e. The molecule has 7 heteroatoms. The second-order valence-electron chi connectivity index (χ2n) is 4.40. The first kappa shape index (κ1) is 16.9. The molecule has 0 saturated carbocycles. The Morgan fingerprint density at radius 2 is 1.95 bits per heavy atom. The molecule has 0 radical (unpaired) electrons. The molecule has 1 rings (SSSR count). The van der Waals surface area contributed by atoms with Crippen LogP contribution < -0.4 is 5.32 Å². The summed E-state index contributed by atoms with van der Waals surface area (Å²) in [7, 11) is -0.435. The predicted molar refractivity (Wildman–Crippen MR) is 78.3 cm³/mol. The minimum atomic E-state index is -3.45. The van der Waals surface area contributed by atoms with Crippen LogP contribution >= 0.6 is 0 Å². The summed E-state index contributed by atoms with van der Waals surface area (Å²) in [6.45, 7) is 1.46. The number of hydrogen-bond acceptors (Lipinski definition) is 5. The van der Waals surface area contributed by atoms with Crippen molar-refractivity contribution in [1.29, 1.82) is 0 Å². The average molecular weight is 302 g/mol. The van der Waals surface area contributed by atoms with Gasteiger partial charge in [0, 0.05) is 27.2 Å². The van der Waals surface area contributed by atoms with Crippen LogP contribution in [0.25, 0.3) is 0 Å². The molecule has 0 bridgehead atoms. The number of aliphatic hydroxyl groups excluding tert-OH is 1. The molecule has 1 aromatic carbocycles. The second-order valence-corrected chi connectivity index (χ2v) is 6.52. The molecule has 0 aliphatic carbocycles. The van der Waals surface area contributed by atoms with Crippen LogP contribution in [0.2, 0.25) is 0 Å². The number of ether oxygens (including phenoxy) is 1. The van der Waals surface area contributed by atoms with Crippen molar-refractivity contribution in [1.82, 2.24) is 4.31 Å². The molecule has 0 heterocycles. The van der Waals surface area contributed by atoms with E-state index in [-0.39, 0.29) is 11.5 Å². The van der Waals surface area contributed by atoms with E-state index in [4.69, 9.17) is 9.84 Å². The van der Waals surface area contributed by atoms with Crippen molar-refractivity contribution in [3.05, 3.63) is 24.3 Å². The fourth-order valence-electron chi connectivity index (χ4n) is 1.60. The number of nitrogens with zero attached hydrogens (tertiary/aromatic N) is 1. The Morgan fingerprint density at radius 1 is 1.25 bits per heavy atom. The highest BCUT2D eigenvalue weighted by Crippen LogP contribution is 2.22. The highest BCUT2D eigenvalue weighted by atomic mass is 32.2. The summed E-state index contributed by atoms with van der Waals surface area (Å²) >= 11 is 0. The Morgan fingerprint density at radius 3 is 2.60 bits per heavy atom. The van der Waals surface area contributed by atoms with Crippen LogP contribution in [0.15, 0.2) is 29.2 Å². The molecule has 0 aliphatic heterocycles. The zero-order chi connectivity index (χ0) is 15.0. The predicted octanol–water partition coefficient (Wildman–Crippen LogP) is 0.748. The van der Waals surface area contributed by atoms with Gasteiger partial charge in [0.15, 0.2) is 0 Å². The van der Waals surface area contributed by atoms with Crippen LogP contribution in [0.5, 0.6) is 0 Å². The molecule has 0 saturated heterocycles. The third-order valence-corrected chi connectivity index (χ3v) is 4.54. The van der Waals surface area contributed by atoms with Crippen molar-refractivity contribution in [3.8, 4) is 0 Å². The average Bonchev–Trinajstić information content (AvgIpc) is 2.43. The van der Waals surface area contributed by atoms with Gasteiger partial charge in [0.2, 0.25) is 10.0 Å². The van der Waals surface area contributed by atoms with Crippen molar-refractivity contribution < 1.29 is 18.3 Å². The Kier molecular flexibility index (Phi) is 6.94. The van der Waals surface area contributed by atoms with Crippen LogP contribution in [0.4, 0.5) is 5.69 Å². The van der Waals surface area contributed by atoms with Crippen LogP contribution in [0.3, 0.4) is 0 Å². The molecular weight excluding hydrogens is 280 g/mol. The van der Waals surface area contributed by atoms with Crippen molar-refractivity contribution in [2.24, 2.45) is 0 Å². The molecule has 2 N–H and O–H groups in total. The van der Waals surface area contributed by atoms with E-state index in [0.29, 0.717) is 25.4 Å². The SMILES string of the molecule is CN(C)S(=O)(=O)c1ccccc1NCCCOCCO. The minimum absolute atomic E-state index is 0.0113. The number of sulfonamides is 1. The van der Waals surface area contributed by atoms with Crippen molar-refractivity contribution in [2.45, 2.75) is 11.3 Å². The van der Waals surface area contributed by atoms with E-state index in [0.717, 1.165) is 6.42 Å². The number of anilines is 1. The summed E-state index contributed by atoms with van der Waals surface area (Å²) in [4.78, 5) is 0.265. The van der Waals surface area contributed by atoms with Gasteiger partial charge in [-0.15, -0.1) is 0 Å². The monoisotopic (exact) mass is 302 g/mol. The summed E-state index contributed by atoms with van der Waals surface area (Å²) in [5.74, 6) is 0. The van der Waals surface area contributed by atoms with Crippen LogP contribution in [0, 0.1) is 0 Å². The summed E-state index contributed by atoms with van der Waals surface area (Å²) in [5, 5.41) is 11.7. The van der Waals surface area contributed by atoms with Gasteiger partial charge in [-0.25, -0.2) is 12.7 Å². The summed E-state index contributed by atoms with van der Waals surface area (Å²) in [6.07, 6.45) is 0.732. The van der Waals surface area contributed by atoms with Crippen molar-refractivity contribution >= 4 is 15.7 Å². The molecule has 20 heavy (non-hydrogen) atoms. The molecule has 0 aromatic heterocycles. The Balaban J connectivity index is 2.63. The summed E-state index contributed by atoms with van der Waals surface area (Å²) in [6, 6.07) is 6.82. The lowest BCUT2D eigenvalue weighted by molar-refractivity contribution is 0.0922. The fraction of sp³-hybridized carbons (Fsp3) is 0.538. The van der Waals surface area contributed by atoms with Gasteiger partial charge in [-0.05, 0) is 18.6 Å². The summed E-state index contributed by atoms with van der Waals surface area (Å²) in [5.41, 5.74) is 0.586. The van der Waals surface area contributed by atoms with Gasteiger partial charge >= 0.3 is 0 Å². The molecule has 6 nitrogen and oxygen atoms in total. The van der Waals surface area contributed by atoms with E-state index in [9.17, 15) is 8.42 Å². The van der Waals surface area contributed by atoms with Gasteiger partial charge in [0.05, 0.1) is 18.9 Å². The van der Waals surface area contributed by atoms with Crippen LogP contribution in [0.1, 0.15) is 6.42 Å². The Bertz CT molecular complexity index is 503. The minimum Gasteiger partial charge on any atom is -0.394 e. The van der Waals surface area contributed by atoms with E-state index in [1.54, 1.807) is 24.3 Å². The van der Waals surface area contributed by atoms with Crippen LogP contribution in [-0.2, 0) is 14.8 Å². The maximum absolute atomic E-state index is 12.2. The van der Waals surface area contributed by atoms with Gasteiger partial charge < -0.3 is 15.2 Å².